The Balaban J connectivity index is 2.18. The van der Waals surface area contributed by atoms with Crippen LogP contribution >= 0.6 is 0 Å². The summed E-state index contributed by atoms with van der Waals surface area (Å²) in [5.41, 5.74) is 5.04. The Morgan fingerprint density at radius 3 is 1.96 bits per heavy atom. The average Bonchev–Trinajstić information content (AvgIpc) is 3.08. The van der Waals surface area contributed by atoms with Crippen molar-refractivity contribution in [3.05, 3.63) is 41.5 Å². The van der Waals surface area contributed by atoms with Crippen LogP contribution in [0.4, 0.5) is 0 Å². The molecule has 0 spiro atoms. The molecule has 1 aliphatic carbocycles. The van der Waals surface area contributed by atoms with Gasteiger partial charge in [0.1, 0.15) is 0 Å². The van der Waals surface area contributed by atoms with E-state index in [1.54, 1.807) is 0 Å². The lowest BCUT2D eigenvalue weighted by atomic mass is 10.0. The molecule has 0 N–H and O–H groups in total. The first-order chi connectivity index (χ1) is 13.5. The van der Waals surface area contributed by atoms with E-state index < -0.39 is 0 Å². The van der Waals surface area contributed by atoms with E-state index in [1.165, 1.54) is 22.3 Å². The summed E-state index contributed by atoms with van der Waals surface area (Å²) in [5.74, 6) is 2.42. The SMILES string of the molecule is CCC(C)Oc1cc2c(c(OC(C)CC)c1OC(C)CC)Cc1ccccc1-2. The Morgan fingerprint density at radius 2 is 1.32 bits per heavy atom. The molecular weight excluding hydrogens is 348 g/mol. The van der Waals surface area contributed by atoms with E-state index in [0.717, 1.165) is 42.9 Å². The van der Waals surface area contributed by atoms with Gasteiger partial charge >= 0.3 is 0 Å². The molecule has 3 rings (SSSR count). The molecule has 3 heteroatoms. The van der Waals surface area contributed by atoms with E-state index in [1.807, 2.05) is 0 Å². The molecule has 3 atom stereocenters. The maximum absolute atomic E-state index is 6.46. The lowest BCUT2D eigenvalue weighted by Crippen LogP contribution is -2.18. The fraction of sp³-hybridized carbons (Fsp3) is 0.520. The Kier molecular flexibility index (Phi) is 6.53. The van der Waals surface area contributed by atoms with Gasteiger partial charge in [0.25, 0.3) is 0 Å². The maximum atomic E-state index is 6.46. The summed E-state index contributed by atoms with van der Waals surface area (Å²) in [4.78, 5) is 0. The van der Waals surface area contributed by atoms with Crippen LogP contribution in [-0.4, -0.2) is 18.3 Å². The predicted molar refractivity (Wildman–Crippen MR) is 116 cm³/mol. The Bertz CT molecular complexity index is 812. The monoisotopic (exact) mass is 382 g/mol. The van der Waals surface area contributed by atoms with E-state index in [0.29, 0.717) is 0 Å². The molecule has 0 saturated carbocycles. The summed E-state index contributed by atoms with van der Waals surface area (Å²) in [7, 11) is 0. The van der Waals surface area contributed by atoms with Crippen LogP contribution in [0.3, 0.4) is 0 Å². The second-order valence-corrected chi connectivity index (χ2v) is 7.90. The van der Waals surface area contributed by atoms with Gasteiger partial charge < -0.3 is 14.2 Å². The first-order valence-electron chi connectivity index (χ1n) is 10.8. The molecular formula is C25H34O3. The smallest absolute Gasteiger partial charge is 0.204 e. The van der Waals surface area contributed by atoms with Crippen LogP contribution in [0.2, 0.25) is 0 Å². The molecule has 2 aromatic rings. The van der Waals surface area contributed by atoms with Gasteiger partial charge in [0, 0.05) is 12.0 Å². The molecule has 0 bridgehead atoms. The first kappa shape index (κ1) is 20.6. The summed E-state index contributed by atoms with van der Waals surface area (Å²) >= 11 is 0. The van der Waals surface area contributed by atoms with Crippen molar-refractivity contribution in [1.82, 2.24) is 0 Å². The highest BCUT2D eigenvalue weighted by molar-refractivity contribution is 5.83. The highest BCUT2D eigenvalue weighted by atomic mass is 16.6. The zero-order chi connectivity index (χ0) is 20.3. The maximum Gasteiger partial charge on any atom is 0.204 e. The van der Waals surface area contributed by atoms with Crippen LogP contribution in [0.1, 0.15) is 71.9 Å². The van der Waals surface area contributed by atoms with E-state index in [4.69, 9.17) is 14.2 Å². The van der Waals surface area contributed by atoms with E-state index in [-0.39, 0.29) is 18.3 Å². The van der Waals surface area contributed by atoms with Crippen LogP contribution in [0, 0.1) is 0 Å². The first-order valence-corrected chi connectivity index (χ1v) is 10.8. The van der Waals surface area contributed by atoms with E-state index in [2.05, 4.69) is 71.9 Å². The number of ether oxygens (including phenoxy) is 3. The van der Waals surface area contributed by atoms with Gasteiger partial charge in [-0.05, 0) is 62.8 Å². The molecule has 2 aromatic carbocycles. The molecule has 28 heavy (non-hydrogen) atoms. The number of hydrogen-bond acceptors (Lipinski definition) is 3. The van der Waals surface area contributed by atoms with Crippen molar-refractivity contribution >= 4 is 0 Å². The minimum Gasteiger partial charge on any atom is -0.487 e. The third-order valence-corrected chi connectivity index (χ3v) is 5.67. The summed E-state index contributed by atoms with van der Waals surface area (Å²) in [6, 6.07) is 10.8. The normalized spacial score (nSPS) is 15.4. The third-order valence-electron chi connectivity index (χ3n) is 5.67. The second-order valence-electron chi connectivity index (χ2n) is 7.90. The third kappa shape index (κ3) is 4.14. The summed E-state index contributed by atoms with van der Waals surface area (Å²) < 4.78 is 19.2. The van der Waals surface area contributed by atoms with Crippen LogP contribution in [0.25, 0.3) is 11.1 Å². The number of benzene rings is 2. The van der Waals surface area contributed by atoms with Gasteiger partial charge in [-0.25, -0.2) is 0 Å². The molecule has 0 fully saturated rings. The Morgan fingerprint density at radius 1 is 0.750 bits per heavy atom. The topological polar surface area (TPSA) is 27.7 Å². The minimum absolute atomic E-state index is 0.0976. The molecule has 0 heterocycles. The van der Waals surface area contributed by atoms with Crippen LogP contribution in [0.15, 0.2) is 30.3 Å². The molecule has 0 aromatic heterocycles. The van der Waals surface area contributed by atoms with Gasteiger partial charge in [-0.2, -0.15) is 0 Å². The molecule has 0 saturated heterocycles. The standard InChI is InChI=1S/C25H34O3/c1-7-16(4)26-23-15-21-20-13-11-10-12-19(20)14-22(21)24(27-17(5)8-2)25(23)28-18(6)9-3/h10-13,15-18H,7-9,14H2,1-6H3. The van der Waals surface area contributed by atoms with Gasteiger partial charge in [0.15, 0.2) is 11.5 Å². The quantitative estimate of drug-likeness (QED) is 0.408. The van der Waals surface area contributed by atoms with Crippen molar-refractivity contribution in [3.63, 3.8) is 0 Å². The highest BCUT2D eigenvalue weighted by Crippen LogP contribution is 2.51. The fourth-order valence-corrected chi connectivity index (χ4v) is 3.39. The summed E-state index contributed by atoms with van der Waals surface area (Å²) in [6.07, 6.45) is 4.02. The lowest BCUT2D eigenvalue weighted by molar-refractivity contribution is 0.155. The molecule has 152 valence electrons. The Labute approximate surface area is 170 Å². The minimum atomic E-state index is 0.0976. The lowest BCUT2D eigenvalue weighted by Gasteiger charge is -2.25. The largest absolute Gasteiger partial charge is 0.487 e. The second kappa shape index (κ2) is 8.89. The van der Waals surface area contributed by atoms with Gasteiger partial charge in [0.2, 0.25) is 5.75 Å². The fourth-order valence-electron chi connectivity index (χ4n) is 3.39. The van der Waals surface area contributed by atoms with Crippen molar-refractivity contribution in [1.29, 1.82) is 0 Å². The zero-order valence-electron chi connectivity index (χ0n) is 18.2. The van der Waals surface area contributed by atoms with Crippen molar-refractivity contribution < 1.29 is 14.2 Å². The number of rotatable bonds is 9. The van der Waals surface area contributed by atoms with E-state index >= 15 is 0 Å². The van der Waals surface area contributed by atoms with Crippen molar-refractivity contribution in [2.24, 2.45) is 0 Å². The molecule has 0 radical (unpaired) electrons. The number of fused-ring (bicyclic) bond motifs is 3. The van der Waals surface area contributed by atoms with Gasteiger partial charge in [-0.15, -0.1) is 0 Å². The van der Waals surface area contributed by atoms with Gasteiger partial charge in [-0.1, -0.05) is 45.0 Å². The van der Waals surface area contributed by atoms with E-state index in [9.17, 15) is 0 Å². The van der Waals surface area contributed by atoms with Crippen LogP contribution in [0.5, 0.6) is 17.2 Å². The molecule has 0 aliphatic heterocycles. The van der Waals surface area contributed by atoms with Gasteiger partial charge in [-0.3, -0.25) is 0 Å². The number of hydrogen-bond donors (Lipinski definition) is 0. The van der Waals surface area contributed by atoms with Crippen molar-refractivity contribution in [2.45, 2.75) is 85.5 Å². The highest BCUT2D eigenvalue weighted by Gasteiger charge is 2.30. The van der Waals surface area contributed by atoms with Gasteiger partial charge in [0.05, 0.1) is 18.3 Å². The molecule has 0 amide bonds. The molecule has 1 aliphatic rings. The van der Waals surface area contributed by atoms with Crippen molar-refractivity contribution in [3.8, 4) is 28.4 Å². The molecule has 3 nitrogen and oxygen atoms in total. The summed E-state index contributed by atoms with van der Waals surface area (Å²) in [6.45, 7) is 12.7. The summed E-state index contributed by atoms with van der Waals surface area (Å²) in [5, 5.41) is 0. The van der Waals surface area contributed by atoms with Crippen LogP contribution < -0.4 is 14.2 Å². The zero-order valence-corrected chi connectivity index (χ0v) is 18.2. The Hall–Kier alpha value is -2.16. The van der Waals surface area contributed by atoms with Crippen molar-refractivity contribution in [2.75, 3.05) is 0 Å². The average molecular weight is 383 g/mol. The molecule has 3 unspecified atom stereocenters. The van der Waals surface area contributed by atoms with Crippen LogP contribution in [-0.2, 0) is 6.42 Å². The predicted octanol–water partition coefficient (Wildman–Crippen LogP) is 6.79.